The smallest absolute Gasteiger partial charge is 0.255 e. The molecule has 20 heavy (non-hydrogen) atoms. The Hall–Kier alpha value is -2.95. The Balaban J connectivity index is 2.21. The maximum absolute atomic E-state index is 11.9. The zero-order chi connectivity index (χ0) is 14.4. The number of pyridine rings is 1. The number of carbonyl (C=O) groups excluding carboxylic acids is 2. The largest absolute Gasteiger partial charge is 0.543 e. The van der Waals surface area contributed by atoms with Gasteiger partial charge in [0.25, 0.3) is 5.91 Å². The van der Waals surface area contributed by atoms with Gasteiger partial charge in [0, 0.05) is 18.0 Å². The molecule has 0 saturated carbocycles. The molecule has 0 aliphatic heterocycles. The molecule has 0 radical (unpaired) electrons. The summed E-state index contributed by atoms with van der Waals surface area (Å²) in [5, 5.41) is 13.4. The number of aliphatic carboxylic acids is 1. The van der Waals surface area contributed by atoms with Crippen molar-refractivity contribution in [3.05, 3.63) is 71.7 Å². The van der Waals surface area contributed by atoms with Crippen molar-refractivity contribution in [3.63, 3.8) is 0 Å². The lowest BCUT2D eigenvalue weighted by Crippen LogP contribution is -2.35. The van der Waals surface area contributed by atoms with Gasteiger partial charge in [-0.25, -0.2) is 0 Å². The minimum Gasteiger partial charge on any atom is -0.543 e. The molecule has 0 aliphatic carbocycles. The van der Waals surface area contributed by atoms with Crippen LogP contribution in [0.15, 0.2) is 60.6 Å². The first-order valence-electron chi connectivity index (χ1n) is 5.86. The third-order valence-electron chi connectivity index (χ3n) is 2.52. The van der Waals surface area contributed by atoms with E-state index in [9.17, 15) is 14.7 Å². The fourth-order valence-electron chi connectivity index (χ4n) is 1.56. The average molecular weight is 267 g/mol. The maximum atomic E-state index is 11.9. The van der Waals surface area contributed by atoms with Gasteiger partial charge in [0.05, 0.1) is 11.7 Å². The first-order chi connectivity index (χ1) is 9.66. The highest BCUT2D eigenvalue weighted by atomic mass is 16.4. The van der Waals surface area contributed by atoms with E-state index < -0.39 is 11.9 Å². The topological polar surface area (TPSA) is 82.1 Å². The summed E-state index contributed by atoms with van der Waals surface area (Å²) in [5.74, 6) is -1.96. The molecule has 0 saturated heterocycles. The van der Waals surface area contributed by atoms with Crippen molar-refractivity contribution in [2.24, 2.45) is 0 Å². The zero-order valence-corrected chi connectivity index (χ0v) is 10.4. The lowest BCUT2D eigenvalue weighted by Gasteiger charge is -2.11. The Kier molecular flexibility index (Phi) is 4.24. The van der Waals surface area contributed by atoms with Crippen LogP contribution in [-0.4, -0.2) is 16.9 Å². The van der Waals surface area contributed by atoms with E-state index in [1.165, 1.54) is 18.5 Å². The second kappa shape index (κ2) is 6.29. The number of hydrogen-bond donors (Lipinski definition) is 1. The molecule has 1 N–H and O–H groups in total. The van der Waals surface area contributed by atoms with E-state index in [1.54, 1.807) is 42.5 Å². The van der Waals surface area contributed by atoms with Gasteiger partial charge < -0.3 is 15.2 Å². The van der Waals surface area contributed by atoms with E-state index in [1.807, 2.05) is 0 Å². The fourth-order valence-corrected chi connectivity index (χ4v) is 1.56. The molecule has 2 rings (SSSR count). The van der Waals surface area contributed by atoms with Crippen LogP contribution in [0.1, 0.15) is 15.9 Å². The number of nitrogens with zero attached hydrogens (tertiary/aromatic N) is 1. The number of amides is 1. The molecule has 1 amide bonds. The molecule has 1 heterocycles. The zero-order valence-electron chi connectivity index (χ0n) is 10.4. The Morgan fingerprint density at radius 2 is 1.70 bits per heavy atom. The van der Waals surface area contributed by atoms with Gasteiger partial charge in [-0.15, -0.1) is 0 Å². The number of aromatic nitrogens is 1. The number of nitrogens with one attached hydrogen (secondary N) is 1. The standard InChI is InChI=1S/C15H12N2O3/c18-14(12-4-2-1-3-5-12)17-13(15(19)20)10-11-6-8-16-9-7-11/h1-10H,(H,17,18)(H,19,20)/p-1/b13-10+. The molecule has 2 aromatic rings. The second-order valence-corrected chi connectivity index (χ2v) is 3.95. The van der Waals surface area contributed by atoms with Gasteiger partial charge in [0.1, 0.15) is 0 Å². The molecule has 0 fully saturated rings. The lowest BCUT2D eigenvalue weighted by molar-refractivity contribution is -0.299. The molecule has 0 spiro atoms. The predicted octanol–water partition coefficient (Wildman–Crippen LogP) is 0.602. The van der Waals surface area contributed by atoms with Crippen LogP contribution in [0.2, 0.25) is 0 Å². The van der Waals surface area contributed by atoms with Crippen LogP contribution in [0.5, 0.6) is 0 Å². The summed E-state index contributed by atoms with van der Waals surface area (Å²) in [7, 11) is 0. The van der Waals surface area contributed by atoms with Crippen molar-refractivity contribution in [1.29, 1.82) is 0 Å². The van der Waals surface area contributed by atoms with Crippen molar-refractivity contribution in [2.45, 2.75) is 0 Å². The number of carboxylic acids is 1. The molecule has 1 aromatic heterocycles. The monoisotopic (exact) mass is 267 g/mol. The predicted molar refractivity (Wildman–Crippen MR) is 71.1 cm³/mol. The maximum Gasteiger partial charge on any atom is 0.255 e. The Morgan fingerprint density at radius 1 is 1.05 bits per heavy atom. The van der Waals surface area contributed by atoms with Crippen LogP contribution < -0.4 is 10.4 Å². The highest BCUT2D eigenvalue weighted by Crippen LogP contribution is 2.05. The van der Waals surface area contributed by atoms with E-state index in [4.69, 9.17) is 0 Å². The van der Waals surface area contributed by atoms with Gasteiger partial charge in [0.2, 0.25) is 0 Å². The highest BCUT2D eigenvalue weighted by molar-refractivity contribution is 6.02. The minimum absolute atomic E-state index is 0.301. The Labute approximate surface area is 115 Å². The van der Waals surface area contributed by atoms with Crippen molar-refractivity contribution in [3.8, 4) is 0 Å². The second-order valence-electron chi connectivity index (χ2n) is 3.95. The summed E-state index contributed by atoms with van der Waals surface area (Å²) in [6, 6.07) is 11.6. The van der Waals surface area contributed by atoms with Crippen molar-refractivity contribution >= 4 is 18.0 Å². The molecule has 0 aliphatic rings. The summed E-state index contributed by atoms with van der Waals surface area (Å²) in [6.45, 7) is 0. The molecular formula is C15H11N2O3-. The van der Waals surface area contributed by atoms with Crippen molar-refractivity contribution in [1.82, 2.24) is 10.3 Å². The van der Waals surface area contributed by atoms with E-state index in [0.717, 1.165) is 0 Å². The fraction of sp³-hybridized carbons (Fsp3) is 0. The number of carboxylic acid groups (broad SMARTS) is 1. The molecule has 1 aromatic carbocycles. The number of carbonyl (C=O) groups is 2. The van der Waals surface area contributed by atoms with Crippen molar-refractivity contribution < 1.29 is 14.7 Å². The van der Waals surface area contributed by atoms with Crippen LogP contribution in [0, 0.1) is 0 Å². The number of rotatable bonds is 4. The number of hydrogen-bond acceptors (Lipinski definition) is 4. The first kappa shape index (κ1) is 13.5. The van der Waals surface area contributed by atoms with Gasteiger partial charge in [-0.2, -0.15) is 0 Å². The SMILES string of the molecule is O=C([O-])/C(=C\c1ccncc1)NC(=O)c1ccccc1. The first-order valence-corrected chi connectivity index (χ1v) is 5.86. The van der Waals surface area contributed by atoms with Gasteiger partial charge in [-0.1, -0.05) is 18.2 Å². The van der Waals surface area contributed by atoms with Crippen LogP contribution in [0.4, 0.5) is 0 Å². The Morgan fingerprint density at radius 3 is 2.30 bits per heavy atom. The van der Waals surface area contributed by atoms with Gasteiger partial charge >= 0.3 is 0 Å². The van der Waals surface area contributed by atoms with E-state index in [0.29, 0.717) is 11.1 Å². The summed E-state index contributed by atoms with van der Waals surface area (Å²) >= 11 is 0. The summed E-state index contributed by atoms with van der Waals surface area (Å²) in [5.41, 5.74) is 0.673. The normalized spacial score (nSPS) is 10.9. The lowest BCUT2D eigenvalue weighted by atomic mass is 10.2. The Bertz CT molecular complexity index is 637. The molecule has 5 heteroatoms. The third kappa shape index (κ3) is 3.52. The van der Waals surface area contributed by atoms with Crippen LogP contribution in [0.3, 0.4) is 0 Å². The van der Waals surface area contributed by atoms with E-state index >= 15 is 0 Å². The molecule has 0 unspecified atom stereocenters. The number of benzene rings is 1. The van der Waals surface area contributed by atoms with Gasteiger partial charge in [0.15, 0.2) is 0 Å². The van der Waals surface area contributed by atoms with Gasteiger partial charge in [-0.05, 0) is 35.9 Å². The average Bonchev–Trinajstić information content (AvgIpc) is 2.48. The molecule has 0 atom stereocenters. The van der Waals surface area contributed by atoms with E-state index in [-0.39, 0.29) is 5.70 Å². The van der Waals surface area contributed by atoms with Crippen molar-refractivity contribution in [2.75, 3.05) is 0 Å². The van der Waals surface area contributed by atoms with Crippen LogP contribution in [0.25, 0.3) is 6.08 Å². The van der Waals surface area contributed by atoms with E-state index in [2.05, 4.69) is 10.3 Å². The summed E-state index contributed by atoms with van der Waals surface area (Å²) in [6.07, 6.45) is 4.37. The summed E-state index contributed by atoms with van der Waals surface area (Å²) in [4.78, 5) is 26.8. The molecular weight excluding hydrogens is 256 g/mol. The molecule has 5 nitrogen and oxygen atoms in total. The minimum atomic E-state index is -1.45. The quantitative estimate of drug-likeness (QED) is 0.822. The molecule has 0 bridgehead atoms. The van der Waals surface area contributed by atoms with Crippen LogP contribution >= 0.6 is 0 Å². The molecule has 100 valence electrons. The highest BCUT2D eigenvalue weighted by Gasteiger charge is 2.08. The van der Waals surface area contributed by atoms with Gasteiger partial charge in [-0.3, -0.25) is 9.78 Å². The van der Waals surface area contributed by atoms with Crippen LogP contribution in [-0.2, 0) is 4.79 Å². The third-order valence-corrected chi connectivity index (χ3v) is 2.52. The summed E-state index contributed by atoms with van der Waals surface area (Å²) < 4.78 is 0.